The van der Waals surface area contributed by atoms with Crippen molar-refractivity contribution in [3.63, 3.8) is 0 Å². The quantitative estimate of drug-likeness (QED) is 0.850. The van der Waals surface area contributed by atoms with Gasteiger partial charge in [-0.05, 0) is 25.0 Å². The standard InChI is InChI=1S/C15H17NO3/c1-16(15(17)14-7-4-8-18-14)10-12-9-11-5-2-3-6-13(11)19-12/h2-3,5-6,9,14H,4,7-8,10H2,1H3. The first-order chi connectivity index (χ1) is 9.24. The van der Waals surface area contributed by atoms with Crippen LogP contribution >= 0.6 is 0 Å². The summed E-state index contributed by atoms with van der Waals surface area (Å²) in [6, 6.07) is 9.83. The number of carbonyl (C=O) groups excluding carboxylic acids is 1. The Kier molecular flexibility index (Phi) is 3.25. The lowest BCUT2D eigenvalue weighted by atomic mass is 10.2. The van der Waals surface area contributed by atoms with E-state index in [0.717, 1.165) is 29.6 Å². The van der Waals surface area contributed by atoms with E-state index in [1.807, 2.05) is 30.3 Å². The lowest BCUT2D eigenvalue weighted by molar-refractivity contribution is -0.140. The van der Waals surface area contributed by atoms with E-state index >= 15 is 0 Å². The van der Waals surface area contributed by atoms with Crippen LogP contribution in [0, 0.1) is 0 Å². The minimum absolute atomic E-state index is 0.0398. The first-order valence-electron chi connectivity index (χ1n) is 6.58. The van der Waals surface area contributed by atoms with Crippen LogP contribution in [0.15, 0.2) is 34.7 Å². The van der Waals surface area contributed by atoms with Crippen molar-refractivity contribution in [2.75, 3.05) is 13.7 Å². The topological polar surface area (TPSA) is 42.7 Å². The lowest BCUT2D eigenvalue weighted by Gasteiger charge is -2.19. The van der Waals surface area contributed by atoms with E-state index in [2.05, 4.69) is 0 Å². The molecule has 1 amide bonds. The maximum Gasteiger partial charge on any atom is 0.251 e. The summed E-state index contributed by atoms with van der Waals surface area (Å²) in [5.74, 6) is 0.841. The number of nitrogens with zero attached hydrogens (tertiary/aromatic N) is 1. The van der Waals surface area contributed by atoms with Gasteiger partial charge < -0.3 is 14.1 Å². The van der Waals surface area contributed by atoms with Gasteiger partial charge in [-0.25, -0.2) is 0 Å². The summed E-state index contributed by atoms with van der Waals surface area (Å²) in [6.45, 7) is 1.17. The number of rotatable bonds is 3. The molecule has 1 saturated heterocycles. The third-order valence-corrected chi connectivity index (χ3v) is 3.45. The molecule has 1 aromatic carbocycles. The van der Waals surface area contributed by atoms with Crippen molar-refractivity contribution >= 4 is 16.9 Å². The van der Waals surface area contributed by atoms with Crippen molar-refractivity contribution < 1.29 is 13.9 Å². The van der Waals surface area contributed by atoms with Gasteiger partial charge in [0.25, 0.3) is 5.91 Å². The van der Waals surface area contributed by atoms with E-state index in [-0.39, 0.29) is 12.0 Å². The highest BCUT2D eigenvalue weighted by atomic mass is 16.5. The second-order valence-corrected chi connectivity index (χ2v) is 4.95. The molecule has 4 heteroatoms. The average molecular weight is 259 g/mol. The Morgan fingerprint density at radius 2 is 2.26 bits per heavy atom. The largest absolute Gasteiger partial charge is 0.459 e. The SMILES string of the molecule is CN(Cc1cc2ccccc2o1)C(=O)C1CCCO1. The maximum absolute atomic E-state index is 12.1. The highest BCUT2D eigenvalue weighted by molar-refractivity contribution is 5.81. The first kappa shape index (κ1) is 12.2. The van der Waals surface area contributed by atoms with Gasteiger partial charge in [0.05, 0.1) is 6.54 Å². The summed E-state index contributed by atoms with van der Waals surface area (Å²) in [4.78, 5) is 13.8. The zero-order valence-electron chi connectivity index (χ0n) is 11.0. The van der Waals surface area contributed by atoms with Gasteiger partial charge in [-0.2, -0.15) is 0 Å². The molecule has 0 bridgehead atoms. The molecule has 1 aliphatic rings. The minimum atomic E-state index is -0.269. The highest BCUT2D eigenvalue weighted by Gasteiger charge is 2.26. The summed E-state index contributed by atoms with van der Waals surface area (Å²) in [5.41, 5.74) is 0.857. The molecule has 1 aromatic heterocycles. The number of ether oxygens (including phenoxy) is 1. The molecular formula is C15H17NO3. The molecule has 1 atom stereocenters. The van der Waals surface area contributed by atoms with Crippen LogP contribution in [-0.4, -0.2) is 30.6 Å². The van der Waals surface area contributed by atoms with Crippen LogP contribution in [0.4, 0.5) is 0 Å². The molecule has 0 saturated carbocycles. The Morgan fingerprint density at radius 3 is 3.00 bits per heavy atom. The second kappa shape index (κ2) is 5.05. The second-order valence-electron chi connectivity index (χ2n) is 4.95. The van der Waals surface area contributed by atoms with Gasteiger partial charge in [0.2, 0.25) is 0 Å². The normalized spacial score (nSPS) is 18.9. The Labute approximate surface area is 111 Å². The molecule has 100 valence electrons. The van der Waals surface area contributed by atoms with Gasteiger partial charge in [0.1, 0.15) is 17.4 Å². The third kappa shape index (κ3) is 2.49. The molecule has 2 heterocycles. The number of furan rings is 1. The van der Waals surface area contributed by atoms with Crippen molar-refractivity contribution in [2.24, 2.45) is 0 Å². The maximum atomic E-state index is 12.1. The number of likely N-dealkylation sites (N-methyl/N-ethyl adjacent to an activating group) is 1. The molecule has 0 aliphatic carbocycles. The van der Waals surface area contributed by atoms with Crippen LogP contribution in [0.3, 0.4) is 0 Å². The summed E-state index contributed by atoms with van der Waals surface area (Å²) < 4.78 is 11.1. The number of amides is 1. The summed E-state index contributed by atoms with van der Waals surface area (Å²) >= 11 is 0. The number of hydrogen-bond donors (Lipinski definition) is 0. The number of fused-ring (bicyclic) bond motifs is 1. The number of hydrogen-bond acceptors (Lipinski definition) is 3. The van der Waals surface area contributed by atoms with Crippen molar-refractivity contribution in [1.82, 2.24) is 4.90 Å². The van der Waals surface area contributed by atoms with Crippen molar-refractivity contribution in [1.29, 1.82) is 0 Å². The van der Waals surface area contributed by atoms with Gasteiger partial charge in [0, 0.05) is 19.0 Å². The van der Waals surface area contributed by atoms with Gasteiger partial charge in [-0.3, -0.25) is 4.79 Å². The fourth-order valence-electron chi connectivity index (χ4n) is 2.44. The van der Waals surface area contributed by atoms with Crippen molar-refractivity contribution in [3.8, 4) is 0 Å². The van der Waals surface area contributed by atoms with Crippen molar-refractivity contribution in [2.45, 2.75) is 25.5 Å². The third-order valence-electron chi connectivity index (χ3n) is 3.45. The fourth-order valence-corrected chi connectivity index (χ4v) is 2.44. The smallest absolute Gasteiger partial charge is 0.251 e. The van der Waals surface area contributed by atoms with Crippen LogP contribution in [0.5, 0.6) is 0 Å². The molecule has 1 aliphatic heterocycles. The highest BCUT2D eigenvalue weighted by Crippen LogP contribution is 2.21. The van der Waals surface area contributed by atoms with E-state index in [9.17, 15) is 4.79 Å². The summed E-state index contributed by atoms with van der Waals surface area (Å²) in [5, 5.41) is 1.07. The van der Waals surface area contributed by atoms with Gasteiger partial charge >= 0.3 is 0 Å². The Balaban J connectivity index is 1.71. The van der Waals surface area contributed by atoms with Crippen LogP contribution in [0.25, 0.3) is 11.0 Å². The van der Waals surface area contributed by atoms with Crippen LogP contribution < -0.4 is 0 Å². The fraction of sp³-hybridized carbons (Fsp3) is 0.400. The van der Waals surface area contributed by atoms with Crippen molar-refractivity contribution in [3.05, 3.63) is 36.1 Å². The molecule has 3 rings (SSSR count). The zero-order chi connectivity index (χ0) is 13.2. The monoisotopic (exact) mass is 259 g/mol. The number of carbonyl (C=O) groups is 1. The molecule has 1 fully saturated rings. The number of benzene rings is 1. The van der Waals surface area contributed by atoms with Crippen LogP contribution in [0.2, 0.25) is 0 Å². The average Bonchev–Trinajstić information content (AvgIpc) is 3.06. The number of para-hydroxylation sites is 1. The van der Waals surface area contributed by atoms with Gasteiger partial charge in [0.15, 0.2) is 0 Å². The molecule has 0 N–H and O–H groups in total. The molecule has 2 aromatic rings. The molecule has 0 spiro atoms. The molecule has 4 nitrogen and oxygen atoms in total. The van der Waals surface area contributed by atoms with E-state index in [0.29, 0.717) is 13.2 Å². The van der Waals surface area contributed by atoms with E-state index in [1.165, 1.54) is 0 Å². The Hall–Kier alpha value is -1.81. The van der Waals surface area contributed by atoms with Gasteiger partial charge in [-0.15, -0.1) is 0 Å². The Bertz CT molecular complexity index is 551. The predicted molar refractivity (Wildman–Crippen MR) is 71.7 cm³/mol. The minimum Gasteiger partial charge on any atom is -0.459 e. The van der Waals surface area contributed by atoms with Crippen LogP contribution in [-0.2, 0) is 16.1 Å². The van der Waals surface area contributed by atoms with E-state index in [1.54, 1.807) is 11.9 Å². The lowest BCUT2D eigenvalue weighted by Crippen LogP contribution is -2.35. The molecular weight excluding hydrogens is 242 g/mol. The van der Waals surface area contributed by atoms with Gasteiger partial charge in [-0.1, -0.05) is 18.2 Å². The molecule has 19 heavy (non-hydrogen) atoms. The zero-order valence-corrected chi connectivity index (χ0v) is 11.0. The summed E-state index contributed by atoms with van der Waals surface area (Å²) in [6.07, 6.45) is 1.52. The predicted octanol–water partition coefficient (Wildman–Crippen LogP) is 2.57. The Morgan fingerprint density at radius 1 is 1.42 bits per heavy atom. The van der Waals surface area contributed by atoms with E-state index in [4.69, 9.17) is 9.15 Å². The molecule has 0 radical (unpaired) electrons. The first-order valence-corrected chi connectivity index (χ1v) is 6.58. The molecule has 1 unspecified atom stereocenters. The van der Waals surface area contributed by atoms with Crippen LogP contribution in [0.1, 0.15) is 18.6 Å². The van der Waals surface area contributed by atoms with E-state index < -0.39 is 0 Å². The summed E-state index contributed by atoms with van der Waals surface area (Å²) in [7, 11) is 1.79.